The number of likely N-dealkylation sites (tertiary alicyclic amines) is 1. The molecule has 5 nitrogen and oxygen atoms in total. The lowest BCUT2D eigenvalue weighted by molar-refractivity contribution is -0.152. The van der Waals surface area contributed by atoms with E-state index in [0.717, 1.165) is 12.2 Å². The molecule has 0 radical (unpaired) electrons. The molecule has 0 atom stereocenters. The summed E-state index contributed by atoms with van der Waals surface area (Å²) in [6, 6.07) is 3.50. The average Bonchev–Trinajstić information content (AvgIpc) is 2.95. The summed E-state index contributed by atoms with van der Waals surface area (Å²) in [7, 11) is 0. The molecule has 2 rings (SSSR count). The van der Waals surface area contributed by atoms with Gasteiger partial charge in [0.15, 0.2) is 5.76 Å². The van der Waals surface area contributed by atoms with Gasteiger partial charge < -0.3 is 14.4 Å². The first-order chi connectivity index (χ1) is 9.52. The number of aryl methyl sites for hydroxylation is 1. The molecule has 0 bridgehead atoms. The maximum absolute atomic E-state index is 12.3. The van der Waals surface area contributed by atoms with E-state index in [9.17, 15) is 14.7 Å². The fourth-order valence-corrected chi connectivity index (χ4v) is 2.70. The number of nitrogens with zero attached hydrogens (tertiary/aromatic N) is 1. The molecule has 1 aromatic heterocycles. The van der Waals surface area contributed by atoms with Crippen molar-refractivity contribution < 1.29 is 19.1 Å². The van der Waals surface area contributed by atoms with Crippen LogP contribution in [0.3, 0.4) is 0 Å². The van der Waals surface area contributed by atoms with E-state index in [1.54, 1.807) is 11.0 Å². The molecule has 20 heavy (non-hydrogen) atoms. The number of piperidine rings is 1. The number of furan rings is 1. The first kappa shape index (κ1) is 14.6. The maximum Gasteiger partial charge on any atom is 0.309 e. The van der Waals surface area contributed by atoms with E-state index in [-0.39, 0.29) is 5.91 Å². The van der Waals surface area contributed by atoms with Gasteiger partial charge in [0, 0.05) is 19.5 Å². The summed E-state index contributed by atoms with van der Waals surface area (Å²) in [4.78, 5) is 25.3. The fraction of sp³-hybridized carbons (Fsp3) is 0.600. The molecule has 1 aliphatic heterocycles. The Kier molecular flexibility index (Phi) is 4.16. The predicted molar refractivity (Wildman–Crippen MR) is 73.6 cm³/mol. The molecule has 1 amide bonds. The van der Waals surface area contributed by atoms with Crippen molar-refractivity contribution >= 4 is 11.9 Å². The molecule has 110 valence electrons. The summed E-state index contributed by atoms with van der Waals surface area (Å²) in [6.07, 6.45) is 2.37. The molecular formula is C15H21NO4. The van der Waals surface area contributed by atoms with Crippen LogP contribution >= 0.6 is 0 Å². The lowest BCUT2D eigenvalue weighted by Gasteiger charge is -2.37. The van der Waals surface area contributed by atoms with Gasteiger partial charge in [0.05, 0.1) is 5.41 Å². The number of carbonyl (C=O) groups excluding carboxylic acids is 1. The molecule has 0 unspecified atom stereocenters. The number of carboxylic acids is 1. The first-order valence-electron chi connectivity index (χ1n) is 7.14. The van der Waals surface area contributed by atoms with Crippen molar-refractivity contribution in [3.8, 4) is 0 Å². The third-order valence-corrected chi connectivity index (χ3v) is 4.36. The Bertz CT molecular complexity index is 498. The third kappa shape index (κ3) is 2.57. The molecule has 0 aliphatic carbocycles. The van der Waals surface area contributed by atoms with Gasteiger partial charge in [-0.1, -0.05) is 13.8 Å². The second kappa shape index (κ2) is 5.69. The molecule has 0 spiro atoms. The van der Waals surface area contributed by atoms with Gasteiger partial charge in [-0.3, -0.25) is 9.59 Å². The fourth-order valence-electron chi connectivity index (χ4n) is 2.70. The number of hydrogen-bond acceptors (Lipinski definition) is 3. The van der Waals surface area contributed by atoms with Crippen LogP contribution in [0.5, 0.6) is 0 Å². The summed E-state index contributed by atoms with van der Waals surface area (Å²) in [5.74, 6) is 0.248. The van der Waals surface area contributed by atoms with Gasteiger partial charge in [0.25, 0.3) is 5.91 Å². The molecule has 1 fully saturated rings. The van der Waals surface area contributed by atoms with Crippen LogP contribution in [0.15, 0.2) is 16.5 Å². The highest BCUT2D eigenvalue weighted by Gasteiger charge is 2.41. The van der Waals surface area contributed by atoms with Crippen molar-refractivity contribution in [2.45, 2.75) is 39.5 Å². The largest absolute Gasteiger partial charge is 0.481 e. The van der Waals surface area contributed by atoms with Crippen LogP contribution in [0.25, 0.3) is 0 Å². The Hall–Kier alpha value is -1.78. The molecule has 0 saturated carbocycles. The highest BCUT2D eigenvalue weighted by molar-refractivity contribution is 5.91. The van der Waals surface area contributed by atoms with Crippen LogP contribution in [0.1, 0.15) is 49.4 Å². The Morgan fingerprint density at radius 2 is 1.95 bits per heavy atom. The van der Waals surface area contributed by atoms with Crippen LogP contribution in [0, 0.1) is 5.41 Å². The lowest BCUT2D eigenvalue weighted by atomic mass is 9.76. The standard InChI is InChI=1S/C15H21NO4/c1-3-11-5-6-12(20-11)13(17)16-9-7-15(4-2,8-10-16)14(18)19/h5-6H,3-4,7-10H2,1-2H3,(H,18,19). The van der Waals surface area contributed by atoms with Crippen molar-refractivity contribution in [3.05, 3.63) is 23.7 Å². The van der Waals surface area contributed by atoms with E-state index in [1.165, 1.54) is 0 Å². The summed E-state index contributed by atoms with van der Waals surface area (Å²) in [6.45, 7) is 4.81. The quantitative estimate of drug-likeness (QED) is 0.919. The Balaban J connectivity index is 2.03. The van der Waals surface area contributed by atoms with E-state index >= 15 is 0 Å². The smallest absolute Gasteiger partial charge is 0.309 e. The number of carboxylic acid groups (broad SMARTS) is 1. The number of rotatable bonds is 4. The van der Waals surface area contributed by atoms with Crippen LogP contribution in [0.2, 0.25) is 0 Å². The monoisotopic (exact) mass is 279 g/mol. The SMILES string of the molecule is CCc1ccc(C(=O)N2CCC(CC)(C(=O)O)CC2)o1. The van der Waals surface area contributed by atoms with E-state index in [0.29, 0.717) is 38.1 Å². The Morgan fingerprint density at radius 3 is 2.40 bits per heavy atom. The summed E-state index contributed by atoms with van der Waals surface area (Å²) in [5, 5.41) is 9.34. The number of hydrogen-bond donors (Lipinski definition) is 1. The Morgan fingerprint density at radius 1 is 1.30 bits per heavy atom. The minimum atomic E-state index is -0.752. The summed E-state index contributed by atoms with van der Waals surface area (Å²) >= 11 is 0. The van der Waals surface area contributed by atoms with Crippen LogP contribution in [-0.4, -0.2) is 35.0 Å². The van der Waals surface area contributed by atoms with Crippen molar-refractivity contribution in [1.29, 1.82) is 0 Å². The summed E-state index contributed by atoms with van der Waals surface area (Å²) < 4.78 is 5.47. The average molecular weight is 279 g/mol. The van der Waals surface area contributed by atoms with Gasteiger partial charge in [0.1, 0.15) is 5.76 Å². The predicted octanol–water partition coefficient (Wildman–Crippen LogP) is 2.56. The minimum absolute atomic E-state index is 0.139. The topological polar surface area (TPSA) is 70.8 Å². The van der Waals surface area contributed by atoms with Crippen molar-refractivity contribution in [1.82, 2.24) is 4.90 Å². The normalized spacial score (nSPS) is 18.0. The molecule has 5 heteroatoms. The van der Waals surface area contributed by atoms with Gasteiger partial charge >= 0.3 is 5.97 Å². The third-order valence-electron chi connectivity index (χ3n) is 4.36. The molecule has 1 saturated heterocycles. The molecule has 2 heterocycles. The summed E-state index contributed by atoms with van der Waals surface area (Å²) in [5.41, 5.74) is -0.672. The number of carbonyl (C=O) groups is 2. The van der Waals surface area contributed by atoms with Crippen LogP contribution in [0.4, 0.5) is 0 Å². The highest BCUT2D eigenvalue weighted by Crippen LogP contribution is 2.35. The van der Waals surface area contributed by atoms with Crippen molar-refractivity contribution in [3.63, 3.8) is 0 Å². The van der Waals surface area contributed by atoms with Crippen LogP contribution in [-0.2, 0) is 11.2 Å². The molecule has 0 aromatic carbocycles. The van der Waals surface area contributed by atoms with Gasteiger partial charge in [-0.2, -0.15) is 0 Å². The second-order valence-electron chi connectivity index (χ2n) is 5.35. The Labute approximate surface area is 118 Å². The zero-order chi connectivity index (χ0) is 14.8. The second-order valence-corrected chi connectivity index (χ2v) is 5.35. The van der Waals surface area contributed by atoms with E-state index in [4.69, 9.17) is 4.42 Å². The number of aliphatic carboxylic acids is 1. The van der Waals surface area contributed by atoms with Gasteiger partial charge in [-0.25, -0.2) is 0 Å². The lowest BCUT2D eigenvalue weighted by Crippen LogP contribution is -2.46. The van der Waals surface area contributed by atoms with Crippen molar-refractivity contribution in [2.24, 2.45) is 5.41 Å². The zero-order valence-electron chi connectivity index (χ0n) is 12.0. The number of amides is 1. The molecule has 1 aromatic rings. The van der Waals surface area contributed by atoms with Crippen LogP contribution < -0.4 is 0 Å². The first-order valence-corrected chi connectivity index (χ1v) is 7.14. The van der Waals surface area contributed by atoms with Gasteiger partial charge in [-0.15, -0.1) is 0 Å². The zero-order valence-corrected chi connectivity index (χ0v) is 12.0. The highest BCUT2D eigenvalue weighted by atomic mass is 16.4. The van der Waals surface area contributed by atoms with Crippen molar-refractivity contribution in [2.75, 3.05) is 13.1 Å². The molecular weight excluding hydrogens is 258 g/mol. The van der Waals surface area contributed by atoms with E-state index < -0.39 is 11.4 Å². The molecule has 1 N–H and O–H groups in total. The van der Waals surface area contributed by atoms with Gasteiger partial charge in [-0.05, 0) is 31.4 Å². The minimum Gasteiger partial charge on any atom is -0.481 e. The van der Waals surface area contributed by atoms with Gasteiger partial charge in [0.2, 0.25) is 0 Å². The maximum atomic E-state index is 12.3. The molecule has 1 aliphatic rings. The van der Waals surface area contributed by atoms with E-state index in [2.05, 4.69) is 0 Å². The van der Waals surface area contributed by atoms with E-state index in [1.807, 2.05) is 19.9 Å².